The van der Waals surface area contributed by atoms with E-state index in [0.717, 1.165) is 5.56 Å². The summed E-state index contributed by atoms with van der Waals surface area (Å²) in [6, 6.07) is 10.9. The van der Waals surface area contributed by atoms with Gasteiger partial charge in [-0.05, 0) is 48.9 Å². The molecule has 0 amide bonds. The Bertz CT molecular complexity index is 539. The van der Waals surface area contributed by atoms with E-state index in [1.54, 1.807) is 38.5 Å². The Kier molecular flexibility index (Phi) is 4.17. The van der Waals surface area contributed by atoms with E-state index < -0.39 is 0 Å². The molecule has 0 atom stereocenters. The van der Waals surface area contributed by atoms with E-state index in [-0.39, 0.29) is 0 Å². The van der Waals surface area contributed by atoms with Gasteiger partial charge in [-0.2, -0.15) is 0 Å². The molecule has 19 heavy (non-hydrogen) atoms. The number of hydrogen-bond donors (Lipinski definition) is 0. The maximum atomic E-state index is 5.85. The molecule has 0 aromatic heterocycles. The number of rotatable bonds is 4. The zero-order valence-electron chi connectivity index (χ0n) is 11.1. The first-order chi connectivity index (χ1) is 9.13. The highest BCUT2D eigenvalue weighted by Gasteiger charge is 2.13. The summed E-state index contributed by atoms with van der Waals surface area (Å²) in [6.45, 7) is 1.97. The van der Waals surface area contributed by atoms with Crippen molar-refractivity contribution in [1.82, 2.24) is 0 Å². The van der Waals surface area contributed by atoms with E-state index in [9.17, 15) is 0 Å². The predicted octanol–water partition coefficient (Wildman–Crippen LogP) is 4.46. The van der Waals surface area contributed by atoms with Crippen molar-refractivity contribution in [2.45, 2.75) is 6.92 Å². The molecule has 0 N–H and O–H groups in total. The number of halogens is 1. The van der Waals surface area contributed by atoms with Crippen LogP contribution in [0.15, 0.2) is 36.4 Å². The summed E-state index contributed by atoms with van der Waals surface area (Å²) in [6.07, 6.45) is 0. The average molecular weight is 279 g/mol. The van der Waals surface area contributed by atoms with Gasteiger partial charge in [0.2, 0.25) is 5.75 Å². The second kappa shape index (κ2) is 5.85. The fraction of sp³-hybridized carbons (Fsp3) is 0.200. The first kappa shape index (κ1) is 13.6. The largest absolute Gasteiger partial charge is 0.493 e. The standard InChI is InChI=1S/C15H15ClO3/c1-10-8-13(17-2)15(14(9-10)18-3)19-12-6-4-11(16)5-7-12/h4-9H,1-3H3. The predicted molar refractivity (Wildman–Crippen MR) is 75.8 cm³/mol. The van der Waals surface area contributed by atoms with Crippen LogP contribution in [0, 0.1) is 6.92 Å². The lowest BCUT2D eigenvalue weighted by atomic mass is 10.2. The van der Waals surface area contributed by atoms with Crippen LogP contribution in [0.4, 0.5) is 0 Å². The van der Waals surface area contributed by atoms with E-state index in [0.29, 0.717) is 28.0 Å². The van der Waals surface area contributed by atoms with Gasteiger partial charge in [0.05, 0.1) is 14.2 Å². The second-order valence-electron chi connectivity index (χ2n) is 4.05. The lowest BCUT2D eigenvalue weighted by molar-refractivity contribution is 0.346. The third-order valence-corrected chi connectivity index (χ3v) is 2.89. The maximum Gasteiger partial charge on any atom is 0.211 e. The van der Waals surface area contributed by atoms with Gasteiger partial charge in [-0.1, -0.05) is 11.6 Å². The Balaban J connectivity index is 2.40. The average Bonchev–Trinajstić information content (AvgIpc) is 2.42. The molecule has 0 saturated heterocycles. The summed E-state index contributed by atoms with van der Waals surface area (Å²) in [7, 11) is 3.20. The van der Waals surface area contributed by atoms with Crippen LogP contribution in [0.25, 0.3) is 0 Å². The van der Waals surface area contributed by atoms with Crippen LogP contribution < -0.4 is 14.2 Å². The summed E-state index contributed by atoms with van der Waals surface area (Å²) >= 11 is 5.85. The quantitative estimate of drug-likeness (QED) is 0.826. The first-order valence-electron chi connectivity index (χ1n) is 5.80. The number of benzene rings is 2. The van der Waals surface area contributed by atoms with Gasteiger partial charge in [0.1, 0.15) is 5.75 Å². The molecule has 0 heterocycles. The minimum absolute atomic E-state index is 0.554. The molecule has 0 aliphatic heterocycles. The third-order valence-electron chi connectivity index (χ3n) is 2.64. The molecule has 0 spiro atoms. The Labute approximate surface area is 117 Å². The van der Waals surface area contributed by atoms with E-state index in [2.05, 4.69) is 0 Å². The highest BCUT2D eigenvalue weighted by Crippen LogP contribution is 2.41. The lowest BCUT2D eigenvalue weighted by Crippen LogP contribution is -1.95. The van der Waals surface area contributed by atoms with Crippen molar-refractivity contribution in [3.8, 4) is 23.0 Å². The van der Waals surface area contributed by atoms with Gasteiger partial charge in [-0.3, -0.25) is 0 Å². The van der Waals surface area contributed by atoms with Gasteiger partial charge in [-0.15, -0.1) is 0 Å². The lowest BCUT2D eigenvalue weighted by Gasteiger charge is -2.15. The van der Waals surface area contributed by atoms with E-state index in [1.807, 2.05) is 19.1 Å². The Morgan fingerprint density at radius 2 is 1.42 bits per heavy atom. The molecular formula is C15H15ClO3. The number of methoxy groups -OCH3 is 2. The fourth-order valence-corrected chi connectivity index (χ4v) is 1.86. The van der Waals surface area contributed by atoms with Gasteiger partial charge in [0.15, 0.2) is 11.5 Å². The fourth-order valence-electron chi connectivity index (χ4n) is 1.73. The number of ether oxygens (including phenoxy) is 3. The molecule has 0 saturated carbocycles. The molecule has 0 fully saturated rings. The van der Waals surface area contributed by atoms with Crippen molar-refractivity contribution in [1.29, 1.82) is 0 Å². The summed E-state index contributed by atoms with van der Waals surface area (Å²) in [5, 5.41) is 0.662. The smallest absolute Gasteiger partial charge is 0.211 e. The Morgan fingerprint density at radius 3 is 1.89 bits per heavy atom. The van der Waals surface area contributed by atoms with Gasteiger partial charge in [0, 0.05) is 5.02 Å². The van der Waals surface area contributed by atoms with Crippen LogP contribution in [0.1, 0.15) is 5.56 Å². The van der Waals surface area contributed by atoms with Crippen LogP contribution in [-0.4, -0.2) is 14.2 Å². The molecule has 2 aromatic carbocycles. The monoisotopic (exact) mass is 278 g/mol. The first-order valence-corrected chi connectivity index (χ1v) is 6.18. The molecule has 0 aliphatic carbocycles. The van der Waals surface area contributed by atoms with Gasteiger partial charge in [0.25, 0.3) is 0 Å². The molecule has 0 unspecified atom stereocenters. The van der Waals surface area contributed by atoms with Gasteiger partial charge >= 0.3 is 0 Å². The molecule has 3 nitrogen and oxygen atoms in total. The highest BCUT2D eigenvalue weighted by atomic mass is 35.5. The van der Waals surface area contributed by atoms with Crippen molar-refractivity contribution < 1.29 is 14.2 Å². The highest BCUT2D eigenvalue weighted by molar-refractivity contribution is 6.30. The Hall–Kier alpha value is -1.87. The molecule has 2 rings (SSSR count). The molecule has 0 bridgehead atoms. The maximum absolute atomic E-state index is 5.85. The number of hydrogen-bond acceptors (Lipinski definition) is 3. The summed E-state index contributed by atoms with van der Waals surface area (Å²) in [5.41, 5.74) is 1.04. The minimum atomic E-state index is 0.554. The number of aryl methyl sites for hydroxylation is 1. The SMILES string of the molecule is COc1cc(C)cc(OC)c1Oc1ccc(Cl)cc1. The van der Waals surface area contributed by atoms with Crippen molar-refractivity contribution in [2.24, 2.45) is 0 Å². The molecule has 0 aliphatic rings. The Morgan fingerprint density at radius 1 is 0.895 bits per heavy atom. The third kappa shape index (κ3) is 3.12. The second-order valence-corrected chi connectivity index (χ2v) is 4.49. The summed E-state index contributed by atoms with van der Waals surface area (Å²) < 4.78 is 16.5. The van der Waals surface area contributed by atoms with Crippen LogP contribution in [0.2, 0.25) is 5.02 Å². The van der Waals surface area contributed by atoms with Gasteiger partial charge in [-0.25, -0.2) is 0 Å². The summed E-state index contributed by atoms with van der Waals surface area (Å²) in [5.74, 6) is 2.49. The molecule has 100 valence electrons. The van der Waals surface area contributed by atoms with Gasteiger partial charge < -0.3 is 14.2 Å². The van der Waals surface area contributed by atoms with Crippen LogP contribution in [-0.2, 0) is 0 Å². The van der Waals surface area contributed by atoms with E-state index in [4.69, 9.17) is 25.8 Å². The topological polar surface area (TPSA) is 27.7 Å². The van der Waals surface area contributed by atoms with Crippen LogP contribution >= 0.6 is 11.6 Å². The van der Waals surface area contributed by atoms with E-state index >= 15 is 0 Å². The summed E-state index contributed by atoms with van der Waals surface area (Å²) in [4.78, 5) is 0. The molecule has 0 radical (unpaired) electrons. The zero-order valence-corrected chi connectivity index (χ0v) is 11.8. The van der Waals surface area contributed by atoms with Crippen LogP contribution in [0.5, 0.6) is 23.0 Å². The normalized spacial score (nSPS) is 10.1. The zero-order chi connectivity index (χ0) is 13.8. The van der Waals surface area contributed by atoms with Crippen molar-refractivity contribution in [3.05, 3.63) is 47.0 Å². The molecule has 2 aromatic rings. The van der Waals surface area contributed by atoms with E-state index in [1.165, 1.54) is 0 Å². The minimum Gasteiger partial charge on any atom is -0.493 e. The molecule has 4 heteroatoms. The van der Waals surface area contributed by atoms with Crippen molar-refractivity contribution in [2.75, 3.05) is 14.2 Å². The van der Waals surface area contributed by atoms with Crippen LogP contribution in [0.3, 0.4) is 0 Å². The van der Waals surface area contributed by atoms with Crippen molar-refractivity contribution >= 4 is 11.6 Å². The molecular weight excluding hydrogens is 264 g/mol. The van der Waals surface area contributed by atoms with Crippen molar-refractivity contribution in [3.63, 3.8) is 0 Å².